The summed E-state index contributed by atoms with van der Waals surface area (Å²) in [5.74, 6) is -0.366. The Balaban J connectivity index is 5.58. The van der Waals surface area contributed by atoms with E-state index in [9.17, 15) is 24.3 Å². The van der Waals surface area contributed by atoms with Crippen molar-refractivity contribution in [3.63, 3.8) is 0 Å². The quantitative estimate of drug-likeness (QED) is 0.0473. The normalized spacial score (nSPS) is 15.3. The van der Waals surface area contributed by atoms with Gasteiger partial charge in [0.2, 0.25) is 11.8 Å². The molecule has 12 heteroatoms. The van der Waals surface area contributed by atoms with Crippen LogP contribution in [0.4, 0.5) is 4.79 Å². The summed E-state index contributed by atoms with van der Waals surface area (Å²) < 4.78 is 5.53. The molecule has 0 unspecified atom stereocenters. The van der Waals surface area contributed by atoms with E-state index in [-0.39, 0.29) is 30.2 Å². The number of ether oxygens (including phenoxy) is 1. The van der Waals surface area contributed by atoms with Gasteiger partial charge < -0.3 is 31.1 Å². The second kappa shape index (κ2) is 26.3. The zero-order valence-corrected chi connectivity index (χ0v) is 35.2. The maximum atomic E-state index is 13.7. The molecule has 0 aliphatic rings. The largest absolute Gasteiger partial charge is 0.480 e. The van der Waals surface area contributed by atoms with Crippen molar-refractivity contribution in [2.45, 2.75) is 144 Å². The number of hydrogen-bond acceptors (Lipinski definition) is 8. The lowest BCUT2D eigenvalue weighted by atomic mass is 9.96. The first-order valence-electron chi connectivity index (χ1n) is 18.4. The molecular formula is C39H70N4O6S2. The van der Waals surface area contributed by atoms with E-state index in [1.165, 1.54) is 28.5 Å². The molecule has 51 heavy (non-hydrogen) atoms. The van der Waals surface area contributed by atoms with E-state index < -0.39 is 41.7 Å². The number of carboxylic acids is 1. The minimum Gasteiger partial charge on any atom is -0.480 e. The van der Waals surface area contributed by atoms with Crippen LogP contribution < -0.4 is 21.3 Å². The van der Waals surface area contributed by atoms with E-state index in [2.05, 4.69) is 67.2 Å². The predicted octanol–water partition coefficient (Wildman–Crippen LogP) is 7.50. The van der Waals surface area contributed by atoms with Gasteiger partial charge in [-0.25, -0.2) is 9.59 Å². The molecule has 0 aromatic rings. The number of carbonyl (C=O) groups is 4. The monoisotopic (exact) mass is 754 g/mol. The topological polar surface area (TPSA) is 146 Å². The van der Waals surface area contributed by atoms with E-state index in [1.807, 2.05) is 54.7 Å². The fourth-order valence-electron chi connectivity index (χ4n) is 4.98. The minimum absolute atomic E-state index is 0.135. The molecule has 0 saturated carbocycles. The number of alkyl carbamates (subject to hydrolysis) is 1. The highest BCUT2D eigenvalue weighted by Crippen LogP contribution is 2.15. The highest BCUT2D eigenvalue weighted by Gasteiger charge is 2.33. The minimum atomic E-state index is -1.10. The van der Waals surface area contributed by atoms with Crippen molar-refractivity contribution >= 4 is 47.4 Å². The Morgan fingerprint density at radius 2 is 1.43 bits per heavy atom. The molecule has 0 rings (SSSR count). The molecule has 5 N–H and O–H groups in total. The molecule has 294 valence electrons. The summed E-state index contributed by atoms with van der Waals surface area (Å²) in [5.41, 5.74) is 3.43. The van der Waals surface area contributed by atoms with Gasteiger partial charge in [-0.2, -0.15) is 23.5 Å². The first-order valence-corrected chi connectivity index (χ1v) is 20.9. The third-order valence-electron chi connectivity index (χ3n) is 8.26. The molecule has 0 spiro atoms. The zero-order valence-electron chi connectivity index (χ0n) is 33.6. The fraction of sp³-hybridized carbons (Fsp3) is 0.744. The Bertz CT molecular complexity index is 1160. The van der Waals surface area contributed by atoms with Gasteiger partial charge in [-0.1, -0.05) is 69.1 Å². The third-order valence-corrected chi connectivity index (χ3v) is 9.95. The molecule has 0 fully saturated rings. The van der Waals surface area contributed by atoms with E-state index in [0.29, 0.717) is 24.5 Å². The molecule has 10 nitrogen and oxygen atoms in total. The third kappa shape index (κ3) is 23.7. The average molecular weight is 755 g/mol. The van der Waals surface area contributed by atoms with Crippen molar-refractivity contribution in [2.24, 2.45) is 11.8 Å². The van der Waals surface area contributed by atoms with Crippen LogP contribution in [0.25, 0.3) is 0 Å². The van der Waals surface area contributed by atoms with E-state index in [0.717, 1.165) is 31.4 Å². The van der Waals surface area contributed by atoms with Crippen molar-refractivity contribution in [1.82, 2.24) is 21.3 Å². The van der Waals surface area contributed by atoms with Crippen LogP contribution in [-0.4, -0.2) is 88.8 Å². The zero-order chi connectivity index (χ0) is 39.1. The molecule has 0 saturated heterocycles. The molecule has 0 heterocycles. The molecular weight excluding hydrogens is 685 g/mol. The van der Waals surface area contributed by atoms with Crippen molar-refractivity contribution in [3.05, 3.63) is 34.9 Å². The van der Waals surface area contributed by atoms with E-state index >= 15 is 0 Å². The second-order valence-corrected chi connectivity index (χ2v) is 17.1. The summed E-state index contributed by atoms with van der Waals surface area (Å²) in [6.45, 7) is 21.9. The number of aliphatic carboxylic acids is 1. The summed E-state index contributed by atoms with van der Waals surface area (Å²) in [7, 11) is 0. The van der Waals surface area contributed by atoms with Gasteiger partial charge in [-0.3, -0.25) is 9.59 Å². The van der Waals surface area contributed by atoms with E-state index in [1.54, 1.807) is 11.8 Å². The van der Waals surface area contributed by atoms with Gasteiger partial charge in [0.15, 0.2) is 0 Å². The number of hydrogen-bond donors (Lipinski definition) is 5. The van der Waals surface area contributed by atoms with Gasteiger partial charge in [0, 0.05) is 18.1 Å². The molecule has 0 aromatic carbocycles. The number of thioether (sulfide) groups is 2. The standard InChI is InChI=1S/C39H70N4O6S2/c1-13-30(8)34(36(45)42-32(37(46)47)21-22-50-12)43-35(44)33(27(4)5)40-24-31(41-38(48)49-39(9,10)11)25-51-23-20-29(7)19-15-18-28(6)17-14-16-26(2)3/h16,18,20,27,30-34,40H,13-15,17,19,21-25H2,1-12H3,(H,41,48)(H,42,45)(H,43,44)(H,46,47)/b28-18+,29-20+/t30-,31+,32-,33-,34-/m0/s1. The first-order chi connectivity index (χ1) is 23.8. The summed E-state index contributed by atoms with van der Waals surface area (Å²) in [6, 6.07) is -2.93. The Hall–Kier alpha value is -2.44. The lowest BCUT2D eigenvalue weighted by molar-refractivity contribution is -0.142. The van der Waals surface area contributed by atoms with Gasteiger partial charge in [0.25, 0.3) is 0 Å². The second-order valence-electron chi connectivity index (χ2n) is 15.0. The summed E-state index contributed by atoms with van der Waals surface area (Å²) in [4.78, 5) is 51.5. The van der Waals surface area contributed by atoms with Gasteiger partial charge in [0.1, 0.15) is 17.7 Å². The van der Waals surface area contributed by atoms with Crippen molar-refractivity contribution in [1.29, 1.82) is 0 Å². The van der Waals surface area contributed by atoms with Crippen LogP contribution in [0.1, 0.15) is 115 Å². The van der Waals surface area contributed by atoms with Crippen molar-refractivity contribution in [3.8, 4) is 0 Å². The van der Waals surface area contributed by atoms with Crippen molar-refractivity contribution in [2.75, 3.05) is 30.1 Å². The maximum absolute atomic E-state index is 13.7. The lowest BCUT2D eigenvalue weighted by Gasteiger charge is -2.30. The van der Waals surface area contributed by atoms with Gasteiger partial charge in [-0.05, 0) is 104 Å². The fourth-order valence-corrected chi connectivity index (χ4v) is 6.47. The van der Waals surface area contributed by atoms with Crippen LogP contribution in [0.3, 0.4) is 0 Å². The molecule has 0 aromatic heterocycles. The number of rotatable bonds is 25. The smallest absolute Gasteiger partial charge is 0.407 e. The van der Waals surface area contributed by atoms with Crippen molar-refractivity contribution < 1.29 is 29.0 Å². The van der Waals surface area contributed by atoms with Crippen LogP contribution in [0.2, 0.25) is 0 Å². The molecule has 0 aliphatic heterocycles. The van der Waals surface area contributed by atoms with Gasteiger partial charge in [-0.15, -0.1) is 0 Å². The average Bonchev–Trinajstić information content (AvgIpc) is 3.01. The molecule has 0 bridgehead atoms. The molecule has 0 aliphatic carbocycles. The Kier molecular flexibility index (Phi) is 25.1. The molecule has 3 amide bonds. The highest BCUT2D eigenvalue weighted by atomic mass is 32.2. The van der Waals surface area contributed by atoms with Crippen LogP contribution in [0, 0.1) is 11.8 Å². The summed E-state index contributed by atoms with van der Waals surface area (Å²) >= 11 is 3.20. The number of allylic oxidation sites excluding steroid dienone is 5. The number of amides is 3. The number of carbonyl (C=O) groups excluding carboxylic acids is 3. The Labute approximate surface area is 318 Å². The Morgan fingerprint density at radius 1 is 0.843 bits per heavy atom. The Morgan fingerprint density at radius 3 is 1.96 bits per heavy atom. The van der Waals surface area contributed by atoms with Crippen LogP contribution in [0.5, 0.6) is 0 Å². The first kappa shape index (κ1) is 48.6. The van der Waals surface area contributed by atoms with Crippen LogP contribution in [-0.2, 0) is 19.1 Å². The van der Waals surface area contributed by atoms with E-state index in [4.69, 9.17) is 4.74 Å². The summed E-state index contributed by atoms with van der Waals surface area (Å²) in [5, 5.41) is 21.5. The SMILES string of the molecule is CC[C@H](C)[C@H](NC(=O)[C@@H](NC[C@H](CSC/C=C(\C)CC/C=C(\C)CCC=C(C)C)NC(=O)OC(C)(C)C)C(C)C)C(=O)N[C@@H](CCSC)C(=O)O. The predicted molar refractivity (Wildman–Crippen MR) is 216 cm³/mol. The van der Waals surface area contributed by atoms with Crippen LogP contribution in [0.15, 0.2) is 34.9 Å². The summed E-state index contributed by atoms with van der Waals surface area (Å²) in [6.07, 6.45) is 13.3. The highest BCUT2D eigenvalue weighted by molar-refractivity contribution is 7.99. The lowest BCUT2D eigenvalue weighted by Crippen LogP contribution is -2.59. The van der Waals surface area contributed by atoms with Gasteiger partial charge in [0.05, 0.1) is 12.1 Å². The maximum Gasteiger partial charge on any atom is 0.407 e. The van der Waals surface area contributed by atoms with Crippen LogP contribution >= 0.6 is 23.5 Å². The number of carboxylic acid groups (broad SMARTS) is 1. The molecule has 0 radical (unpaired) electrons. The van der Waals surface area contributed by atoms with Gasteiger partial charge >= 0.3 is 12.1 Å². The molecule has 5 atom stereocenters. The number of nitrogens with one attached hydrogen (secondary N) is 4.